The summed E-state index contributed by atoms with van der Waals surface area (Å²) < 4.78 is 23.5. The van der Waals surface area contributed by atoms with Crippen molar-refractivity contribution in [2.45, 2.75) is 14.7 Å². The van der Waals surface area contributed by atoms with Crippen molar-refractivity contribution in [2.24, 2.45) is 0 Å². The highest BCUT2D eigenvalue weighted by Crippen LogP contribution is 2.33. The van der Waals surface area contributed by atoms with Crippen molar-refractivity contribution in [1.29, 1.82) is 0 Å². The molecule has 0 saturated carbocycles. The van der Waals surface area contributed by atoms with Crippen LogP contribution in [0.3, 0.4) is 0 Å². The molecular weight excluding hydrogens is 266 g/mol. The molecule has 2 aromatic carbocycles. The lowest BCUT2D eigenvalue weighted by atomic mass is 10.3. The van der Waals surface area contributed by atoms with Gasteiger partial charge in [-0.15, -0.1) is 0 Å². The predicted octanol–water partition coefficient (Wildman–Crippen LogP) is 2.82. The van der Waals surface area contributed by atoms with Crippen molar-refractivity contribution in [1.82, 2.24) is 0 Å². The van der Waals surface area contributed by atoms with Gasteiger partial charge in [-0.1, -0.05) is 30.0 Å². The van der Waals surface area contributed by atoms with Gasteiger partial charge in [0.15, 0.2) is 9.84 Å². The first kappa shape index (κ1) is 13.0. The largest absolute Gasteiger partial charge is 0.399 e. The Kier molecular flexibility index (Phi) is 3.63. The minimum absolute atomic E-state index is 0.274. The van der Waals surface area contributed by atoms with E-state index < -0.39 is 9.84 Å². The van der Waals surface area contributed by atoms with Gasteiger partial charge in [0, 0.05) is 21.7 Å². The molecule has 0 spiro atoms. The Morgan fingerprint density at radius 2 is 1.72 bits per heavy atom. The van der Waals surface area contributed by atoms with E-state index in [1.54, 1.807) is 12.1 Å². The molecule has 0 amide bonds. The van der Waals surface area contributed by atoms with Gasteiger partial charge >= 0.3 is 0 Å². The van der Waals surface area contributed by atoms with Crippen LogP contribution in [0.1, 0.15) is 0 Å². The topological polar surface area (TPSA) is 60.2 Å². The van der Waals surface area contributed by atoms with Gasteiger partial charge in [0.25, 0.3) is 0 Å². The fraction of sp³-hybridized carbons (Fsp3) is 0.0769. The molecule has 0 bridgehead atoms. The third-order valence-corrected chi connectivity index (χ3v) is 4.69. The summed E-state index contributed by atoms with van der Waals surface area (Å²) in [7, 11) is -3.28. The van der Waals surface area contributed by atoms with Crippen molar-refractivity contribution in [3.8, 4) is 0 Å². The summed E-state index contributed by atoms with van der Waals surface area (Å²) in [6, 6.07) is 14.6. The average Bonchev–Trinajstić information content (AvgIpc) is 2.31. The average molecular weight is 279 g/mol. The van der Waals surface area contributed by atoms with E-state index in [9.17, 15) is 8.42 Å². The van der Waals surface area contributed by atoms with Crippen LogP contribution < -0.4 is 5.73 Å². The number of hydrogen-bond acceptors (Lipinski definition) is 4. The molecule has 0 aromatic heterocycles. The molecule has 18 heavy (non-hydrogen) atoms. The highest BCUT2D eigenvalue weighted by molar-refractivity contribution is 8.00. The summed E-state index contributed by atoms with van der Waals surface area (Å²) in [4.78, 5) is 1.96. The number of nitrogens with two attached hydrogens (primary N) is 1. The van der Waals surface area contributed by atoms with E-state index in [1.165, 1.54) is 24.1 Å². The van der Waals surface area contributed by atoms with Gasteiger partial charge < -0.3 is 5.73 Å². The first-order chi connectivity index (χ1) is 8.47. The van der Waals surface area contributed by atoms with Crippen LogP contribution in [0.5, 0.6) is 0 Å². The second kappa shape index (κ2) is 5.04. The number of hydrogen-bond donors (Lipinski definition) is 1. The number of nitrogen functional groups attached to an aromatic ring is 1. The number of sulfone groups is 1. The molecule has 0 radical (unpaired) electrons. The van der Waals surface area contributed by atoms with E-state index in [-0.39, 0.29) is 4.90 Å². The van der Waals surface area contributed by atoms with Crippen LogP contribution in [0.2, 0.25) is 0 Å². The van der Waals surface area contributed by atoms with Gasteiger partial charge in [-0.25, -0.2) is 8.42 Å². The SMILES string of the molecule is CS(=O)(=O)c1cc(N)ccc1Sc1ccccc1. The molecule has 0 aliphatic rings. The van der Waals surface area contributed by atoms with Crippen molar-refractivity contribution >= 4 is 27.3 Å². The van der Waals surface area contributed by atoms with Crippen molar-refractivity contribution < 1.29 is 8.42 Å². The first-order valence-corrected chi connectivity index (χ1v) is 8.00. The Bertz CT molecular complexity index is 652. The molecule has 2 rings (SSSR count). The van der Waals surface area contributed by atoms with Crippen molar-refractivity contribution in [3.63, 3.8) is 0 Å². The van der Waals surface area contributed by atoms with E-state index in [2.05, 4.69) is 0 Å². The summed E-state index contributed by atoms with van der Waals surface area (Å²) in [5.41, 5.74) is 6.10. The third-order valence-electron chi connectivity index (χ3n) is 2.34. The number of rotatable bonds is 3. The van der Waals surface area contributed by atoms with E-state index in [4.69, 9.17) is 5.73 Å². The molecule has 0 atom stereocenters. The lowest BCUT2D eigenvalue weighted by Gasteiger charge is -2.08. The fourth-order valence-electron chi connectivity index (χ4n) is 1.51. The Balaban J connectivity index is 2.46. The Labute approximate surface area is 111 Å². The molecule has 2 aromatic rings. The molecule has 0 aliphatic heterocycles. The maximum absolute atomic E-state index is 11.7. The zero-order chi connectivity index (χ0) is 13.2. The fourth-order valence-corrected chi connectivity index (χ4v) is 3.72. The summed E-state index contributed by atoms with van der Waals surface area (Å²) in [6.07, 6.45) is 1.19. The van der Waals surface area contributed by atoms with E-state index in [1.807, 2.05) is 30.3 Å². The highest BCUT2D eigenvalue weighted by Gasteiger charge is 2.14. The standard InChI is InChI=1S/C13H13NO2S2/c1-18(15,16)13-9-10(14)7-8-12(13)17-11-5-3-2-4-6-11/h2-9H,14H2,1H3. The molecule has 0 unspecified atom stereocenters. The van der Waals surface area contributed by atoms with Gasteiger partial charge in [0.2, 0.25) is 0 Å². The van der Waals surface area contributed by atoms with E-state index in [0.29, 0.717) is 10.6 Å². The Morgan fingerprint density at radius 3 is 2.33 bits per heavy atom. The lowest BCUT2D eigenvalue weighted by molar-refractivity contribution is 0.600. The number of benzene rings is 2. The summed E-state index contributed by atoms with van der Waals surface area (Å²) in [6.45, 7) is 0. The second-order valence-electron chi connectivity index (χ2n) is 3.89. The monoisotopic (exact) mass is 279 g/mol. The van der Waals surface area contributed by atoms with Crippen molar-refractivity contribution in [2.75, 3.05) is 12.0 Å². The predicted molar refractivity (Wildman–Crippen MR) is 74.5 cm³/mol. The van der Waals surface area contributed by atoms with Crippen LogP contribution in [-0.4, -0.2) is 14.7 Å². The van der Waals surface area contributed by atoms with Gasteiger partial charge in [-0.3, -0.25) is 0 Å². The van der Waals surface area contributed by atoms with Crippen LogP contribution in [0.15, 0.2) is 63.2 Å². The quantitative estimate of drug-likeness (QED) is 0.878. The van der Waals surface area contributed by atoms with Crippen molar-refractivity contribution in [3.05, 3.63) is 48.5 Å². The lowest BCUT2D eigenvalue weighted by Crippen LogP contribution is -2.00. The van der Waals surface area contributed by atoms with Gasteiger partial charge in [-0.2, -0.15) is 0 Å². The molecule has 0 aliphatic carbocycles. The van der Waals surface area contributed by atoms with Crippen LogP contribution in [0.4, 0.5) is 5.69 Å². The minimum Gasteiger partial charge on any atom is -0.399 e. The third kappa shape index (κ3) is 3.05. The van der Waals surface area contributed by atoms with Crippen LogP contribution in [0.25, 0.3) is 0 Å². The highest BCUT2D eigenvalue weighted by atomic mass is 32.2. The Morgan fingerprint density at radius 1 is 1.06 bits per heavy atom. The van der Waals surface area contributed by atoms with Crippen LogP contribution in [0, 0.1) is 0 Å². The maximum atomic E-state index is 11.7. The normalized spacial score (nSPS) is 11.4. The molecule has 5 heteroatoms. The summed E-state index contributed by atoms with van der Waals surface area (Å²) in [5, 5.41) is 0. The van der Waals surface area contributed by atoms with Crippen LogP contribution >= 0.6 is 11.8 Å². The molecule has 0 fully saturated rings. The van der Waals surface area contributed by atoms with Gasteiger partial charge in [-0.05, 0) is 30.3 Å². The maximum Gasteiger partial charge on any atom is 0.176 e. The minimum atomic E-state index is -3.28. The molecular formula is C13H13NO2S2. The van der Waals surface area contributed by atoms with E-state index in [0.717, 1.165) is 4.90 Å². The number of anilines is 1. The second-order valence-corrected chi connectivity index (χ2v) is 6.99. The molecule has 0 saturated heterocycles. The molecule has 0 heterocycles. The van der Waals surface area contributed by atoms with E-state index >= 15 is 0 Å². The Hall–Kier alpha value is -1.46. The smallest absolute Gasteiger partial charge is 0.176 e. The van der Waals surface area contributed by atoms with Crippen LogP contribution in [-0.2, 0) is 9.84 Å². The summed E-state index contributed by atoms with van der Waals surface area (Å²) >= 11 is 1.42. The molecule has 3 nitrogen and oxygen atoms in total. The first-order valence-electron chi connectivity index (χ1n) is 5.29. The molecule has 94 valence electrons. The zero-order valence-corrected chi connectivity index (χ0v) is 11.5. The zero-order valence-electron chi connectivity index (χ0n) is 9.83. The molecule has 2 N–H and O–H groups in total. The van der Waals surface area contributed by atoms with Gasteiger partial charge in [0.1, 0.15) is 0 Å². The summed E-state index contributed by atoms with van der Waals surface area (Å²) in [5.74, 6) is 0. The van der Waals surface area contributed by atoms with Gasteiger partial charge in [0.05, 0.1) is 4.90 Å².